The van der Waals surface area contributed by atoms with Crippen molar-refractivity contribution in [1.82, 2.24) is 26.3 Å². The Morgan fingerprint density at radius 3 is 2.22 bits per heavy atom. The molecule has 51 heavy (non-hydrogen) atoms. The number of para-hydroxylation sites is 1. The van der Waals surface area contributed by atoms with Crippen LogP contribution in [0.5, 0.6) is 0 Å². The molecule has 16 heteroatoms. The minimum atomic E-state index is -5.08. The predicted molar refractivity (Wildman–Crippen MR) is 182 cm³/mol. The first-order valence-corrected chi connectivity index (χ1v) is 16.6. The second kappa shape index (κ2) is 19.4. The van der Waals surface area contributed by atoms with Gasteiger partial charge < -0.3 is 42.2 Å². The summed E-state index contributed by atoms with van der Waals surface area (Å²) in [6.45, 7) is 2.01. The van der Waals surface area contributed by atoms with E-state index in [-0.39, 0.29) is 31.7 Å². The lowest BCUT2D eigenvalue weighted by Gasteiger charge is -2.25. The van der Waals surface area contributed by atoms with Crippen LogP contribution >= 0.6 is 0 Å². The number of aliphatic hydroxyl groups is 1. The first kappa shape index (κ1) is 40.5. The molecule has 1 aliphatic rings. The van der Waals surface area contributed by atoms with E-state index in [2.05, 4.69) is 26.3 Å². The molecule has 1 saturated heterocycles. The van der Waals surface area contributed by atoms with Crippen LogP contribution in [-0.2, 0) is 36.8 Å². The highest BCUT2D eigenvalue weighted by Crippen LogP contribution is 2.20. The number of alkyl halides is 3. The van der Waals surface area contributed by atoms with Gasteiger partial charge in [-0.05, 0) is 49.9 Å². The summed E-state index contributed by atoms with van der Waals surface area (Å²) < 4.78 is 31.7. The molecule has 4 rings (SSSR count). The number of carboxylic acid groups (broad SMARTS) is 1. The molecule has 3 aromatic rings. The highest BCUT2D eigenvalue weighted by Gasteiger charge is 2.38. The van der Waals surface area contributed by atoms with Gasteiger partial charge in [-0.15, -0.1) is 0 Å². The highest BCUT2D eigenvalue weighted by atomic mass is 19.4. The van der Waals surface area contributed by atoms with Crippen LogP contribution in [0.4, 0.5) is 13.2 Å². The number of halogens is 3. The van der Waals surface area contributed by atoms with Crippen LogP contribution in [0.3, 0.4) is 0 Å². The third-order valence-corrected chi connectivity index (χ3v) is 8.33. The average molecular weight is 719 g/mol. The van der Waals surface area contributed by atoms with Crippen molar-refractivity contribution in [1.29, 1.82) is 0 Å². The number of benzene rings is 2. The summed E-state index contributed by atoms with van der Waals surface area (Å²) in [5, 5.41) is 30.0. The van der Waals surface area contributed by atoms with Crippen molar-refractivity contribution in [2.45, 2.75) is 82.3 Å². The van der Waals surface area contributed by atoms with E-state index in [1.54, 1.807) is 0 Å². The fourth-order valence-corrected chi connectivity index (χ4v) is 5.58. The average Bonchev–Trinajstić information content (AvgIpc) is 3.48. The van der Waals surface area contributed by atoms with Crippen LogP contribution in [0.25, 0.3) is 10.9 Å². The van der Waals surface area contributed by atoms with Crippen molar-refractivity contribution in [2.75, 3.05) is 13.1 Å². The van der Waals surface area contributed by atoms with Gasteiger partial charge in [0.05, 0.1) is 18.1 Å². The van der Waals surface area contributed by atoms with Gasteiger partial charge in [0.2, 0.25) is 23.6 Å². The third kappa shape index (κ3) is 13.4. The molecule has 0 saturated carbocycles. The van der Waals surface area contributed by atoms with Crippen LogP contribution in [0.2, 0.25) is 0 Å². The third-order valence-electron chi connectivity index (χ3n) is 8.33. The van der Waals surface area contributed by atoms with Gasteiger partial charge in [-0.25, -0.2) is 4.79 Å². The van der Waals surface area contributed by atoms with Crippen molar-refractivity contribution < 1.29 is 47.4 Å². The molecule has 1 aromatic heterocycles. The number of hydrogen-bond donors (Lipinski definition) is 8. The number of carbonyl (C=O) groups excluding carboxylic acids is 4. The van der Waals surface area contributed by atoms with E-state index < -0.39 is 60.0 Å². The molecule has 2 aromatic carbocycles. The highest BCUT2D eigenvalue weighted by molar-refractivity contribution is 5.91. The van der Waals surface area contributed by atoms with Crippen LogP contribution in [0.15, 0.2) is 60.8 Å². The first-order chi connectivity index (χ1) is 24.2. The van der Waals surface area contributed by atoms with E-state index in [0.29, 0.717) is 25.8 Å². The molecular formula is C35H45F3N6O7. The second-order valence-electron chi connectivity index (χ2n) is 12.4. The Morgan fingerprint density at radius 1 is 0.902 bits per heavy atom. The first-order valence-electron chi connectivity index (χ1n) is 16.6. The summed E-state index contributed by atoms with van der Waals surface area (Å²) in [4.78, 5) is 65.9. The number of nitrogens with one attached hydrogen (secondary N) is 5. The van der Waals surface area contributed by atoms with Crippen LogP contribution in [0.1, 0.15) is 50.2 Å². The molecule has 0 aliphatic carbocycles. The van der Waals surface area contributed by atoms with Gasteiger partial charge in [0.15, 0.2) is 0 Å². The van der Waals surface area contributed by atoms with Crippen molar-refractivity contribution in [3.63, 3.8) is 0 Å². The lowest BCUT2D eigenvalue weighted by atomic mass is 9.96. The van der Waals surface area contributed by atoms with Crippen molar-refractivity contribution in [2.24, 2.45) is 11.7 Å². The molecule has 1 aliphatic heterocycles. The summed E-state index contributed by atoms with van der Waals surface area (Å²) >= 11 is 0. The molecule has 0 bridgehead atoms. The Labute approximate surface area is 292 Å². The van der Waals surface area contributed by atoms with Crippen LogP contribution < -0.4 is 27.0 Å². The standard InChI is InChI=1S/C33H44N6O5.C2HF3O2/c1-21(40)28-18-30(41)36-20-24(15-22-9-3-2-4-10-22)32(43)39-29(16-23-19-35-27-13-6-5-12-26(23)27)33(44)37-25(11-7-8-14-34)17-31(42)38-28;3-2(4,5)1(6)7/h2-6,9-10,12-13,19,21,24-25,28-29,35,40H,7-8,11,14-18,20,34H2,1H3,(H,36,41)(H,37,44)(H,38,42)(H,39,43);(H,6,7)/t21-,24+,25+,28-,29-;/m1./s1. The number of aromatic amines is 1. The zero-order chi connectivity index (χ0) is 37.6. The van der Waals surface area contributed by atoms with Crippen molar-refractivity contribution >= 4 is 40.5 Å². The lowest BCUT2D eigenvalue weighted by molar-refractivity contribution is -0.192. The minimum absolute atomic E-state index is 0.0170. The maximum Gasteiger partial charge on any atom is 0.490 e. The number of aromatic nitrogens is 1. The minimum Gasteiger partial charge on any atom is -0.475 e. The zero-order valence-corrected chi connectivity index (χ0v) is 28.2. The number of hydrogen-bond acceptors (Lipinski definition) is 7. The molecule has 4 amide bonds. The molecule has 278 valence electrons. The van der Waals surface area contributed by atoms with Gasteiger partial charge in [-0.1, -0.05) is 55.0 Å². The van der Waals surface area contributed by atoms with E-state index in [1.165, 1.54) is 6.92 Å². The van der Waals surface area contributed by atoms with Gasteiger partial charge in [0.25, 0.3) is 0 Å². The maximum atomic E-state index is 13.9. The number of aliphatic hydroxyl groups excluding tert-OH is 1. The van der Waals surface area contributed by atoms with Gasteiger partial charge in [0, 0.05) is 48.9 Å². The van der Waals surface area contributed by atoms with Gasteiger partial charge in [-0.2, -0.15) is 13.2 Å². The van der Waals surface area contributed by atoms with Gasteiger partial charge in [0.1, 0.15) is 6.04 Å². The number of carbonyl (C=O) groups is 5. The number of unbranched alkanes of at least 4 members (excludes halogenated alkanes) is 1. The molecular weight excluding hydrogens is 673 g/mol. The summed E-state index contributed by atoms with van der Waals surface area (Å²) in [6, 6.07) is 14.9. The fourth-order valence-electron chi connectivity index (χ4n) is 5.58. The Balaban J connectivity index is 0.000000908. The Kier molecular flexibility index (Phi) is 15.4. The zero-order valence-electron chi connectivity index (χ0n) is 28.2. The van der Waals surface area contributed by atoms with E-state index in [4.69, 9.17) is 15.6 Å². The molecule has 0 unspecified atom stereocenters. The number of carboxylic acids is 1. The number of amides is 4. The Hall–Kier alpha value is -4.96. The quantitative estimate of drug-likeness (QED) is 0.153. The van der Waals surface area contributed by atoms with Crippen molar-refractivity contribution in [3.8, 4) is 0 Å². The molecule has 1 fully saturated rings. The molecule has 9 N–H and O–H groups in total. The SMILES string of the molecule is C[C@@H](O)[C@H]1CC(=O)NC[C@H](Cc2ccccc2)C(=O)N[C@H](Cc2c[nH]c3ccccc23)C(=O)N[C@@H](CCCCN)CC(=O)N1.O=C(O)C(F)(F)F. The number of aliphatic carboxylic acids is 1. The smallest absolute Gasteiger partial charge is 0.475 e. The predicted octanol–water partition coefficient (Wildman–Crippen LogP) is 2.08. The molecule has 13 nitrogen and oxygen atoms in total. The van der Waals surface area contributed by atoms with Crippen LogP contribution in [-0.4, -0.2) is 88.3 Å². The Morgan fingerprint density at radius 2 is 1.57 bits per heavy atom. The molecule has 0 radical (unpaired) electrons. The summed E-state index contributed by atoms with van der Waals surface area (Å²) in [6.07, 6.45) is -1.97. The number of nitrogens with two attached hydrogens (primary N) is 1. The lowest BCUT2D eigenvalue weighted by Crippen LogP contribution is -2.53. The summed E-state index contributed by atoms with van der Waals surface area (Å²) in [5.41, 5.74) is 8.38. The molecule has 2 heterocycles. The van der Waals surface area contributed by atoms with E-state index in [9.17, 15) is 37.5 Å². The number of rotatable bonds is 9. The normalized spacial score (nSPS) is 21.5. The van der Waals surface area contributed by atoms with E-state index in [0.717, 1.165) is 28.5 Å². The summed E-state index contributed by atoms with van der Waals surface area (Å²) in [5.74, 6) is -5.00. The van der Waals surface area contributed by atoms with Gasteiger partial charge >= 0.3 is 12.1 Å². The number of fused-ring (bicyclic) bond motifs is 1. The van der Waals surface area contributed by atoms with E-state index in [1.807, 2.05) is 60.8 Å². The Bertz CT molecular complexity index is 1620. The second-order valence-corrected chi connectivity index (χ2v) is 12.4. The van der Waals surface area contributed by atoms with Crippen LogP contribution in [0, 0.1) is 5.92 Å². The maximum absolute atomic E-state index is 13.9. The monoisotopic (exact) mass is 718 g/mol. The molecule has 5 atom stereocenters. The summed E-state index contributed by atoms with van der Waals surface area (Å²) in [7, 11) is 0. The topological polar surface area (TPSA) is 216 Å². The number of H-pyrrole nitrogens is 1. The fraction of sp³-hybridized carbons (Fsp3) is 0.457. The molecule has 0 spiro atoms. The van der Waals surface area contributed by atoms with Gasteiger partial charge in [-0.3, -0.25) is 19.2 Å². The van der Waals surface area contributed by atoms with Crippen molar-refractivity contribution in [3.05, 3.63) is 71.9 Å². The van der Waals surface area contributed by atoms with E-state index >= 15 is 0 Å². The largest absolute Gasteiger partial charge is 0.490 e.